The van der Waals surface area contributed by atoms with Gasteiger partial charge in [0, 0.05) is 19.6 Å². The minimum absolute atomic E-state index is 0.292. The fraction of sp³-hybridized carbons (Fsp3) is 0.923. The summed E-state index contributed by atoms with van der Waals surface area (Å²) >= 11 is 0. The first kappa shape index (κ1) is 18.7. The summed E-state index contributed by atoms with van der Waals surface area (Å²) in [4.78, 5) is 12.0. The molecular formula is C13H29NO3. The predicted molar refractivity (Wildman–Crippen MR) is 71.4 cm³/mol. The van der Waals surface area contributed by atoms with Crippen molar-refractivity contribution in [1.29, 1.82) is 0 Å². The Hall–Kier alpha value is -0.610. The quantitative estimate of drug-likeness (QED) is 0.811. The van der Waals surface area contributed by atoms with Crippen molar-refractivity contribution >= 4 is 5.97 Å². The normalized spacial score (nSPS) is 12.8. The summed E-state index contributed by atoms with van der Waals surface area (Å²) in [7, 11) is 0. The molecule has 0 unspecified atom stereocenters. The van der Waals surface area contributed by atoms with Gasteiger partial charge in [0.1, 0.15) is 0 Å². The van der Waals surface area contributed by atoms with Crippen LogP contribution in [0.15, 0.2) is 0 Å². The lowest BCUT2D eigenvalue weighted by Crippen LogP contribution is -2.21. The van der Waals surface area contributed by atoms with Crippen molar-refractivity contribution in [3.63, 3.8) is 0 Å². The molecule has 0 aliphatic carbocycles. The van der Waals surface area contributed by atoms with Crippen molar-refractivity contribution in [2.24, 2.45) is 0 Å². The molecule has 1 rings (SSSR count). The number of hydrogen-bond donors (Lipinski definition) is 1. The summed E-state index contributed by atoms with van der Waals surface area (Å²) < 4.78 is 4.72. The molecule has 1 fully saturated rings. The Morgan fingerprint density at radius 3 is 1.47 bits per heavy atom. The summed E-state index contributed by atoms with van der Waals surface area (Å²) in [6.07, 6.45) is 2.30. The number of ether oxygens (including phenoxy) is 1. The summed E-state index contributed by atoms with van der Waals surface area (Å²) in [6.45, 7) is 14.0. The maximum atomic E-state index is 9.60. The molecule has 0 radical (unpaired) electrons. The van der Waals surface area contributed by atoms with Crippen LogP contribution >= 0.6 is 0 Å². The van der Waals surface area contributed by atoms with Crippen LogP contribution in [0.5, 0.6) is 0 Å². The summed E-state index contributed by atoms with van der Waals surface area (Å²) in [5.74, 6) is -0.711. The number of carboxylic acids is 1. The van der Waals surface area contributed by atoms with Gasteiger partial charge in [-0.15, -0.1) is 0 Å². The van der Waals surface area contributed by atoms with E-state index in [1.165, 1.54) is 26.1 Å². The molecule has 0 aromatic rings. The molecule has 0 saturated carbocycles. The van der Waals surface area contributed by atoms with Crippen molar-refractivity contribution in [2.45, 2.75) is 47.0 Å². The van der Waals surface area contributed by atoms with Crippen molar-refractivity contribution in [1.82, 2.24) is 4.90 Å². The third-order valence-corrected chi connectivity index (χ3v) is 2.38. The smallest absolute Gasteiger partial charge is 0.303 e. The van der Waals surface area contributed by atoms with Crippen LogP contribution in [-0.2, 0) is 9.53 Å². The van der Waals surface area contributed by atoms with Gasteiger partial charge in [-0.1, -0.05) is 27.7 Å². The highest BCUT2D eigenvalue weighted by Gasteiger charge is 1.94. The van der Waals surface area contributed by atoms with Crippen molar-refractivity contribution < 1.29 is 14.6 Å². The highest BCUT2D eigenvalue weighted by molar-refractivity contribution is 5.66. The monoisotopic (exact) mass is 247 g/mol. The van der Waals surface area contributed by atoms with Crippen molar-refractivity contribution in [3.8, 4) is 0 Å². The third-order valence-electron chi connectivity index (χ3n) is 2.38. The highest BCUT2D eigenvalue weighted by Crippen LogP contribution is 1.93. The molecule has 0 atom stereocenters. The molecule has 0 bridgehead atoms. The first-order valence-corrected chi connectivity index (χ1v) is 6.64. The number of rotatable bonds is 5. The molecule has 4 nitrogen and oxygen atoms in total. The molecule has 0 spiro atoms. The SMILES string of the molecule is C1COC1.CCCC(=O)O.CCN(CC)CC. The summed E-state index contributed by atoms with van der Waals surface area (Å²) in [6, 6.07) is 0. The molecule has 0 amide bonds. The molecule has 1 saturated heterocycles. The zero-order chi connectivity index (χ0) is 13.5. The highest BCUT2D eigenvalue weighted by atomic mass is 16.5. The number of carbonyl (C=O) groups is 1. The van der Waals surface area contributed by atoms with E-state index in [1.54, 1.807) is 0 Å². The van der Waals surface area contributed by atoms with Gasteiger partial charge in [-0.3, -0.25) is 4.79 Å². The van der Waals surface area contributed by atoms with Crippen molar-refractivity contribution in [2.75, 3.05) is 32.8 Å². The zero-order valence-corrected chi connectivity index (χ0v) is 11.9. The first-order valence-electron chi connectivity index (χ1n) is 6.64. The van der Waals surface area contributed by atoms with E-state index < -0.39 is 5.97 Å². The molecule has 0 aromatic carbocycles. The second kappa shape index (κ2) is 15.4. The Morgan fingerprint density at radius 2 is 1.47 bits per heavy atom. The van der Waals surface area contributed by atoms with E-state index in [1.807, 2.05) is 6.92 Å². The van der Waals surface area contributed by atoms with Crippen LogP contribution in [0.3, 0.4) is 0 Å². The second-order valence-electron chi connectivity index (χ2n) is 3.73. The van der Waals surface area contributed by atoms with Gasteiger partial charge in [0.15, 0.2) is 0 Å². The summed E-state index contributed by atoms with van der Waals surface area (Å²) in [5, 5.41) is 7.91. The minimum atomic E-state index is -0.711. The van der Waals surface area contributed by atoms with Gasteiger partial charge in [0.25, 0.3) is 0 Å². The van der Waals surface area contributed by atoms with Gasteiger partial charge in [0.2, 0.25) is 0 Å². The van der Waals surface area contributed by atoms with Crippen LogP contribution in [0.1, 0.15) is 47.0 Å². The van der Waals surface area contributed by atoms with E-state index in [4.69, 9.17) is 9.84 Å². The average molecular weight is 247 g/mol. The van der Waals surface area contributed by atoms with Gasteiger partial charge in [0.05, 0.1) is 0 Å². The Bertz CT molecular complexity index is 145. The molecule has 1 N–H and O–H groups in total. The van der Waals surface area contributed by atoms with E-state index >= 15 is 0 Å². The largest absolute Gasteiger partial charge is 0.481 e. The molecular weight excluding hydrogens is 218 g/mol. The molecule has 1 aliphatic heterocycles. The zero-order valence-electron chi connectivity index (χ0n) is 11.9. The van der Waals surface area contributed by atoms with E-state index in [0.717, 1.165) is 19.6 Å². The van der Waals surface area contributed by atoms with Gasteiger partial charge in [-0.25, -0.2) is 0 Å². The second-order valence-corrected chi connectivity index (χ2v) is 3.73. The standard InChI is InChI=1S/C6H15N.C4H8O2.C3H6O/c1-4-7(5-2)6-3;1-2-3-4(5)6;1-2-4-3-1/h4-6H2,1-3H3;2-3H2,1H3,(H,5,6);1-3H2. The van der Waals surface area contributed by atoms with E-state index in [-0.39, 0.29) is 0 Å². The first-order chi connectivity index (χ1) is 8.12. The van der Waals surface area contributed by atoms with Crippen LogP contribution in [0, 0.1) is 0 Å². The molecule has 104 valence electrons. The van der Waals surface area contributed by atoms with Crippen LogP contribution in [0.4, 0.5) is 0 Å². The predicted octanol–water partition coefficient (Wildman–Crippen LogP) is 2.63. The van der Waals surface area contributed by atoms with E-state index in [9.17, 15) is 4.79 Å². The van der Waals surface area contributed by atoms with Crippen LogP contribution in [-0.4, -0.2) is 48.8 Å². The maximum Gasteiger partial charge on any atom is 0.303 e. The maximum absolute atomic E-state index is 9.60. The van der Waals surface area contributed by atoms with Crippen LogP contribution < -0.4 is 0 Å². The lowest BCUT2D eigenvalue weighted by molar-refractivity contribution is -0.137. The van der Waals surface area contributed by atoms with E-state index in [2.05, 4.69) is 25.7 Å². The number of carboxylic acid groups (broad SMARTS) is 1. The fourth-order valence-electron chi connectivity index (χ4n) is 1.03. The van der Waals surface area contributed by atoms with Crippen molar-refractivity contribution in [3.05, 3.63) is 0 Å². The van der Waals surface area contributed by atoms with Gasteiger partial charge in [-0.05, 0) is 32.5 Å². The van der Waals surface area contributed by atoms with Crippen LogP contribution in [0.2, 0.25) is 0 Å². The Balaban J connectivity index is 0. The molecule has 1 heterocycles. The average Bonchev–Trinajstić information content (AvgIpc) is 2.18. The van der Waals surface area contributed by atoms with Gasteiger partial charge in [-0.2, -0.15) is 0 Å². The third kappa shape index (κ3) is 18.0. The van der Waals surface area contributed by atoms with Gasteiger partial charge < -0.3 is 14.7 Å². The topological polar surface area (TPSA) is 49.8 Å². The molecule has 0 aromatic heterocycles. The van der Waals surface area contributed by atoms with Gasteiger partial charge >= 0.3 is 5.97 Å². The molecule has 17 heavy (non-hydrogen) atoms. The Labute approximate surface area is 106 Å². The Morgan fingerprint density at radius 1 is 1.12 bits per heavy atom. The Kier molecular flexibility index (Phi) is 17.0. The number of hydrogen-bond acceptors (Lipinski definition) is 3. The minimum Gasteiger partial charge on any atom is -0.481 e. The summed E-state index contributed by atoms with van der Waals surface area (Å²) in [5.41, 5.74) is 0. The van der Waals surface area contributed by atoms with E-state index in [0.29, 0.717) is 6.42 Å². The molecule has 4 heteroatoms. The van der Waals surface area contributed by atoms with Crippen LogP contribution in [0.25, 0.3) is 0 Å². The lowest BCUT2D eigenvalue weighted by Gasteiger charge is -2.13. The fourth-order valence-corrected chi connectivity index (χ4v) is 1.03. The lowest BCUT2D eigenvalue weighted by atomic mass is 10.4. The number of nitrogens with zero attached hydrogens (tertiary/aromatic N) is 1. The molecule has 1 aliphatic rings. The number of aliphatic carboxylic acids is 1.